The maximum atomic E-state index is 12.9. The molecule has 0 fully saturated rings. The van der Waals surface area contributed by atoms with E-state index in [0.29, 0.717) is 22.5 Å². The highest BCUT2D eigenvalue weighted by Crippen LogP contribution is 2.19. The summed E-state index contributed by atoms with van der Waals surface area (Å²) >= 11 is 0. The van der Waals surface area contributed by atoms with Crippen LogP contribution in [-0.4, -0.2) is 28.1 Å². The molecule has 1 N–H and O–H groups in total. The summed E-state index contributed by atoms with van der Waals surface area (Å²) in [7, 11) is 0. The van der Waals surface area contributed by atoms with Crippen LogP contribution in [0.1, 0.15) is 27.0 Å². The SMILES string of the molecule is Cc1ccc(-n2nc(OCC(=O)Nc3ccccc3C(=O)c3ccccc3)ccc2=O)cc1C. The highest BCUT2D eigenvalue weighted by Gasteiger charge is 2.15. The maximum absolute atomic E-state index is 12.9. The van der Waals surface area contributed by atoms with Gasteiger partial charge >= 0.3 is 0 Å². The van der Waals surface area contributed by atoms with Crippen molar-refractivity contribution in [3.63, 3.8) is 0 Å². The Balaban J connectivity index is 1.47. The molecular weight excluding hydrogens is 430 g/mol. The third-order valence-electron chi connectivity index (χ3n) is 5.34. The number of nitrogens with one attached hydrogen (secondary N) is 1. The number of carbonyl (C=O) groups excluding carboxylic acids is 2. The van der Waals surface area contributed by atoms with E-state index >= 15 is 0 Å². The van der Waals surface area contributed by atoms with Crippen LogP contribution in [0, 0.1) is 13.8 Å². The van der Waals surface area contributed by atoms with Crippen molar-refractivity contribution < 1.29 is 14.3 Å². The first-order valence-corrected chi connectivity index (χ1v) is 10.7. The lowest BCUT2D eigenvalue weighted by Crippen LogP contribution is -2.24. The molecule has 0 saturated carbocycles. The van der Waals surface area contributed by atoms with Gasteiger partial charge in [0, 0.05) is 23.3 Å². The zero-order valence-electron chi connectivity index (χ0n) is 18.8. The summed E-state index contributed by atoms with van der Waals surface area (Å²) < 4.78 is 6.76. The number of amides is 1. The number of benzene rings is 3. The van der Waals surface area contributed by atoms with Crippen LogP contribution in [0.2, 0.25) is 0 Å². The Morgan fingerprint density at radius 3 is 2.38 bits per heavy atom. The molecule has 0 atom stereocenters. The molecule has 4 aromatic rings. The fraction of sp³-hybridized carbons (Fsp3) is 0.111. The minimum absolute atomic E-state index is 0.127. The summed E-state index contributed by atoms with van der Waals surface area (Å²) in [6.07, 6.45) is 0. The number of nitrogens with zero attached hydrogens (tertiary/aromatic N) is 2. The number of anilines is 1. The number of carbonyl (C=O) groups is 2. The second-order valence-electron chi connectivity index (χ2n) is 7.77. The Morgan fingerprint density at radius 2 is 1.62 bits per heavy atom. The summed E-state index contributed by atoms with van der Waals surface area (Å²) in [5, 5.41) is 6.95. The van der Waals surface area contributed by atoms with Gasteiger partial charge in [-0.2, -0.15) is 4.68 Å². The van der Waals surface area contributed by atoms with Crippen LogP contribution in [0.25, 0.3) is 5.69 Å². The largest absolute Gasteiger partial charge is 0.467 e. The third kappa shape index (κ3) is 5.10. The number of hydrogen-bond acceptors (Lipinski definition) is 5. The molecule has 1 heterocycles. The Kier molecular flexibility index (Phi) is 6.64. The first-order valence-electron chi connectivity index (χ1n) is 10.7. The van der Waals surface area contributed by atoms with Crippen molar-refractivity contribution in [1.82, 2.24) is 9.78 Å². The van der Waals surface area contributed by atoms with Gasteiger partial charge in [0.1, 0.15) is 0 Å². The van der Waals surface area contributed by atoms with Crippen LogP contribution in [0.4, 0.5) is 5.69 Å². The second-order valence-corrected chi connectivity index (χ2v) is 7.77. The van der Waals surface area contributed by atoms with Crippen molar-refractivity contribution in [3.05, 3.63) is 118 Å². The van der Waals surface area contributed by atoms with Gasteiger partial charge < -0.3 is 10.1 Å². The van der Waals surface area contributed by atoms with Gasteiger partial charge in [-0.15, -0.1) is 5.10 Å². The predicted molar refractivity (Wildman–Crippen MR) is 130 cm³/mol. The summed E-state index contributed by atoms with van der Waals surface area (Å²) in [6.45, 7) is 3.60. The molecule has 170 valence electrons. The van der Waals surface area contributed by atoms with E-state index in [1.165, 1.54) is 16.8 Å². The van der Waals surface area contributed by atoms with Crippen LogP contribution in [0.3, 0.4) is 0 Å². The Labute approximate surface area is 196 Å². The smallest absolute Gasteiger partial charge is 0.271 e. The third-order valence-corrected chi connectivity index (χ3v) is 5.34. The van der Waals surface area contributed by atoms with E-state index in [-0.39, 0.29) is 23.8 Å². The van der Waals surface area contributed by atoms with E-state index in [4.69, 9.17) is 4.74 Å². The van der Waals surface area contributed by atoms with Gasteiger partial charge in [0.25, 0.3) is 11.5 Å². The number of ether oxygens (including phenoxy) is 1. The second kappa shape index (κ2) is 9.95. The molecule has 1 amide bonds. The van der Waals surface area contributed by atoms with E-state index in [1.807, 2.05) is 32.0 Å². The van der Waals surface area contributed by atoms with Crippen LogP contribution < -0.4 is 15.6 Å². The van der Waals surface area contributed by atoms with Crippen LogP contribution in [-0.2, 0) is 4.79 Å². The molecule has 4 rings (SSSR count). The molecular formula is C27H23N3O4. The Morgan fingerprint density at radius 1 is 0.882 bits per heavy atom. The van der Waals surface area contributed by atoms with E-state index in [1.54, 1.807) is 54.6 Å². The standard InChI is InChI=1S/C27H23N3O4/c1-18-12-13-21(16-19(18)2)30-26(32)15-14-25(29-30)34-17-24(31)28-23-11-7-6-10-22(23)27(33)20-8-4-3-5-9-20/h3-16H,17H2,1-2H3,(H,28,31). The van der Waals surface area contributed by atoms with E-state index in [2.05, 4.69) is 10.4 Å². The van der Waals surface area contributed by atoms with Crippen molar-refractivity contribution in [2.75, 3.05) is 11.9 Å². The lowest BCUT2D eigenvalue weighted by atomic mass is 10.0. The monoisotopic (exact) mass is 453 g/mol. The maximum Gasteiger partial charge on any atom is 0.271 e. The molecule has 34 heavy (non-hydrogen) atoms. The summed E-state index contributed by atoms with van der Waals surface area (Å²) in [6, 6.07) is 24.0. The van der Waals surface area contributed by atoms with E-state index < -0.39 is 5.91 Å². The lowest BCUT2D eigenvalue weighted by Gasteiger charge is -2.12. The molecule has 0 radical (unpaired) electrons. The molecule has 0 spiro atoms. The number of aryl methyl sites for hydroxylation is 2. The van der Waals surface area contributed by atoms with Crippen molar-refractivity contribution >= 4 is 17.4 Å². The van der Waals surface area contributed by atoms with Gasteiger partial charge in [-0.1, -0.05) is 48.5 Å². The average molecular weight is 453 g/mol. The zero-order valence-corrected chi connectivity index (χ0v) is 18.8. The number of rotatable bonds is 7. The lowest BCUT2D eigenvalue weighted by molar-refractivity contribution is -0.118. The molecule has 0 saturated heterocycles. The summed E-state index contributed by atoms with van der Waals surface area (Å²) in [5.74, 6) is -0.528. The van der Waals surface area contributed by atoms with Gasteiger partial charge in [-0.25, -0.2) is 0 Å². The first kappa shape index (κ1) is 22.7. The molecule has 0 aliphatic heterocycles. The molecule has 0 bridgehead atoms. The van der Waals surface area contributed by atoms with E-state index in [0.717, 1.165) is 11.1 Å². The molecule has 0 unspecified atom stereocenters. The summed E-state index contributed by atoms with van der Waals surface area (Å²) in [5.41, 5.74) is 3.72. The average Bonchev–Trinajstić information content (AvgIpc) is 2.86. The molecule has 0 aliphatic carbocycles. The van der Waals surface area contributed by atoms with Crippen molar-refractivity contribution in [2.24, 2.45) is 0 Å². The van der Waals surface area contributed by atoms with Gasteiger partial charge in [0.2, 0.25) is 5.88 Å². The summed E-state index contributed by atoms with van der Waals surface area (Å²) in [4.78, 5) is 37.7. The highest BCUT2D eigenvalue weighted by molar-refractivity contribution is 6.13. The minimum atomic E-state index is -0.459. The van der Waals surface area contributed by atoms with Crippen LogP contribution in [0.15, 0.2) is 89.7 Å². The van der Waals surface area contributed by atoms with Crippen molar-refractivity contribution in [2.45, 2.75) is 13.8 Å². The molecule has 7 heteroatoms. The quantitative estimate of drug-likeness (QED) is 0.426. The number of aromatic nitrogens is 2. The predicted octanol–water partition coefficient (Wildman–Crippen LogP) is 4.10. The number of para-hydroxylation sites is 1. The molecule has 7 nitrogen and oxygen atoms in total. The van der Waals surface area contributed by atoms with E-state index in [9.17, 15) is 14.4 Å². The van der Waals surface area contributed by atoms with Crippen molar-refractivity contribution in [3.8, 4) is 11.6 Å². The van der Waals surface area contributed by atoms with Gasteiger partial charge in [-0.05, 0) is 49.2 Å². The number of ketones is 1. The zero-order chi connectivity index (χ0) is 24.1. The molecule has 1 aromatic heterocycles. The minimum Gasteiger partial charge on any atom is -0.467 e. The highest BCUT2D eigenvalue weighted by atomic mass is 16.5. The van der Waals surface area contributed by atoms with Gasteiger partial charge in [0.05, 0.1) is 11.4 Å². The topological polar surface area (TPSA) is 90.3 Å². The van der Waals surface area contributed by atoms with Gasteiger partial charge in [0.15, 0.2) is 12.4 Å². The Hall–Kier alpha value is -4.52. The molecule has 0 aliphatic rings. The number of hydrogen-bond donors (Lipinski definition) is 1. The first-order chi connectivity index (χ1) is 16.4. The van der Waals surface area contributed by atoms with Gasteiger partial charge in [-0.3, -0.25) is 14.4 Å². The fourth-order valence-electron chi connectivity index (χ4n) is 3.37. The van der Waals surface area contributed by atoms with Crippen LogP contribution >= 0.6 is 0 Å². The fourth-order valence-corrected chi connectivity index (χ4v) is 3.37. The Bertz CT molecular complexity index is 1410. The van der Waals surface area contributed by atoms with Crippen LogP contribution in [0.5, 0.6) is 5.88 Å². The van der Waals surface area contributed by atoms with Crippen molar-refractivity contribution in [1.29, 1.82) is 0 Å². The molecule has 3 aromatic carbocycles. The normalized spacial score (nSPS) is 10.5.